The standard InChI is InChI=1S/C20H20N6O2/c1-11(2)27-14-5-3-4-13-15(14)18-21-8-9-25(18)20-16(22-10-26(13)20)17-23-19(28-24-17)12-6-7-12/h3-5,10-12H,6-9H2,1-2H3. The highest BCUT2D eigenvalue weighted by molar-refractivity contribution is 6.17. The third-order valence-corrected chi connectivity index (χ3v) is 5.27. The van der Waals surface area contributed by atoms with Crippen molar-refractivity contribution in [2.24, 2.45) is 4.99 Å². The predicted molar refractivity (Wildman–Crippen MR) is 103 cm³/mol. The molecule has 2 aromatic heterocycles. The van der Waals surface area contributed by atoms with Crippen molar-refractivity contribution in [1.82, 2.24) is 19.7 Å². The first-order valence-electron chi connectivity index (χ1n) is 9.74. The van der Waals surface area contributed by atoms with E-state index in [0.29, 0.717) is 11.7 Å². The van der Waals surface area contributed by atoms with Crippen LogP contribution in [0.4, 0.5) is 5.82 Å². The number of hydrogen-bond acceptors (Lipinski definition) is 7. The second-order valence-corrected chi connectivity index (χ2v) is 7.69. The lowest BCUT2D eigenvalue weighted by atomic mass is 10.1. The molecular weight excluding hydrogens is 356 g/mol. The molecule has 1 aromatic carbocycles. The Kier molecular flexibility index (Phi) is 3.21. The van der Waals surface area contributed by atoms with Gasteiger partial charge in [0.25, 0.3) is 0 Å². The smallest absolute Gasteiger partial charge is 0.230 e. The van der Waals surface area contributed by atoms with Gasteiger partial charge in [-0.05, 0) is 38.8 Å². The van der Waals surface area contributed by atoms with Crippen LogP contribution in [-0.2, 0) is 0 Å². The number of hydrogen-bond donors (Lipinski definition) is 0. The lowest BCUT2D eigenvalue weighted by molar-refractivity contribution is 0.242. The van der Waals surface area contributed by atoms with Gasteiger partial charge in [0.2, 0.25) is 11.7 Å². The number of ether oxygens (including phenoxy) is 1. The fraction of sp³-hybridized carbons (Fsp3) is 0.400. The Bertz CT molecular complexity index is 1110. The zero-order valence-corrected chi connectivity index (χ0v) is 15.8. The average Bonchev–Trinajstić information content (AvgIpc) is 3.10. The summed E-state index contributed by atoms with van der Waals surface area (Å²) < 4.78 is 13.6. The quantitative estimate of drug-likeness (QED) is 0.696. The fourth-order valence-electron chi connectivity index (χ4n) is 3.93. The van der Waals surface area contributed by atoms with Gasteiger partial charge in [-0.3, -0.25) is 9.56 Å². The minimum absolute atomic E-state index is 0.0851. The zero-order chi connectivity index (χ0) is 18.8. The molecule has 8 heteroatoms. The summed E-state index contributed by atoms with van der Waals surface area (Å²) in [5, 5.41) is 4.20. The van der Waals surface area contributed by atoms with E-state index in [-0.39, 0.29) is 6.10 Å². The van der Waals surface area contributed by atoms with Gasteiger partial charge in [-0.15, -0.1) is 0 Å². The van der Waals surface area contributed by atoms with E-state index in [1.165, 1.54) is 0 Å². The number of benzene rings is 1. The number of aromatic nitrogens is 4. The van der Waals surface area contributed by atoms with Crippen molar-refractivity contribution < 1.29 is 9.26 Å². The molecule has 1 saturated carbocycles. The molecule has 28 heavy (non-hydrogen) atoms. The highest BCUT2D eigenvalue weighted by Gasteiger charge is 2.37. The number of fused-ring (bicyclic) bond motifs is 6. The summed E-state index contributed by atoms with van der Waals surface area (Å²) in [4.78, 5) is 16.2. The molecule has 3 aliphatic rings. The SMILES string of the molecule is CC(C)Oc1cccc2c1C1=NCCN1c1c(-c3noc(C4CC4)n3)ncn1-2. The molecule has 3 aromatic rings. The summed E-state index contributed by atoms with van der Waals surface area (Å²) in [7, 11) is 0. The molecule has 0 spiro atoms. The molecule has 0 saturated heterocycles. The Morgan fingerprint density at radius 2 is 2.14 bits per heavy atom. The van der Waals surface area contributed by atoms with Crippen LogP contribution in [0.3, 0.4) is 0 Å². The molecule has 1 aliphatic carbocycles. The molecule has 0 N–H and O–H groups in total. The summed E-state index contributed by atoms with van der Waals surface area (Å²) in [6.07, 6.45) is 4.16. The van der Waals surface area contributed by atoms with Crippen LogP contribution in [0.25, 0.3) is 17.2 Å². The van der Waals surface area contributed by atoms with Crippen molar-refractivity contribution in [3.8, 4) is 23.0 Å². The minimum atomic E-state index is 0.0851. The Morgan fingerprint density at radius 3 is 2.96 bits per heavy atom. The van der Waals surface area contributed by atoms with Crippen LogP contribution in [0, 0.1) is 0 Å². The van der Waals surface area contributed by atoms with Gasteiger partial charge in [0.05, 0.1) is 23.9 Å². The lowest BCUT2D eigenvalue weighted by Crippen LogP contribution is -2.35. The van der Waals surface area contributed by atoms with Crippen molar-refractivity contribution in [1.29, 1.82) is 0 Å². The lowest BCUT2D eigenvalue weighted by Gasteiger charge is -2.30. The second kappa shape index (κ2) is 5.67. The first kappa shape index (κ1) is 15.9. The van der Waals surface area contributed by atoms with Crippen LogP contribution in [-0.4, -0.2) is 44.7 Å². The maximum absolute atomic E-state index is 6.08. The molecule has 142 valence electrons. The molecule has 8 nitrogen and oxygen atoms in total. The Hall–Kier alpha value is -3.16. The molecule has 6 rings (SSSR count). The first-order valence-corrected chi connectivity index (χ1v) is 9.74. The maximum atomic E-state index is 6.08. The van der Waals surface area contributed by atoms with Gasteiger partial charge in [0.15, 0.2) is 11.5 Å². The zero-order valence-electron chi connectivity index (χ0n) is 15.8. The van der Waals surface area contributed by atoms with E-state index in [2.05, 4.69) is 30.7 Å². The number of amidine groups is 1. The van der Waals surface area contributed by atoms with Gasteiger partial charge in [0, 0.05) is 12.5 Å². The summed E-state index contributed by atoms with van der Waals surface area (Å²) >= 11 is 0. The van der Waals surface area contributed by atoms with Crippen LogP contribution < -0.4 is 9.64 Å². The van der Waals surface area contributed by atoms with Crippen molar-refractivity contribution in [3.63, 3.8) is 0 Å². The van der Waals surface area contributed by atoms with Crippen LogP contribution in [0.2, 0.25) is 0 Å². The number of imidazole rings is 1. The summed E-state index contributed by atoms with van der Waals surface area (Å²) in [6.45, 7) is 5.58. The van der Waals surface area contributed by atoms with Gasteiger partial charge in [-0.25, -0.2) is 4.98 Å². The largest absolute Gasteiger partial charge is 0.490 e. The molecule has 0 bridgehead atoms. The highest BCUT2D eigenvalue weighted by Crippen LogP contribution is 2.43. The van der Waals surface area contributed by atoms with Crippen molar-refractivity contribution >= 4 is 11.7 Å². The molecule has 4 heterocycles. The average molecular weight is 376 g/mol. The Labute approximate surface area is 161 Å². The summed E-state index contributed by atoms with van der Waals surface area (Å²) in [5.74, 6) is 4.38. The van der Waals surface area contributed by atoms with Gasteiger partial charge >= 0.3 is 0 Å². The maximum Gasteiger partial charge on any atom is 0.230 e. The van der Waals surface area contributed by atoms with E-state index in [4.69, 9.17) is 14.3 Å². The van der Waals surface area contributed by atoms with E-state index >= 15 is 0 Å². The monoisotopic (exact) mass is 376 g/mol. The molecular formula is C20H20N6O2. The van der Waals surface area contributed by atoms with E-state index in [9.17, 15) is 0 Å². The van der Waals surface area contributed by atoms with Crippen LogP contribution in [0.5, 0.6) is 5.75 Å². The molecule has 0 atom stereocenters. The number of nitrogens with zero attached hydrogens (tertiary/aromatic N) is 6. The topological polar surface area (TPSA) is 81.6 Å². The van der Waals surface area contributed by atoms with E-state index in [0.717, 1.165) is 66.2 Å². The van der Waals surface area contributed by atoms with Gasteiger partial charge in [-0.2, -0.15) is 4.98 Å². The molecule has 2 aliphatic heterocycles. The minimum Gasteiger partial charge on any atom is -0.490 e. The van der Waals surface area contributed by atoms with E-state index in [1.54, 1.807) is 0 Å². The molecule has 0 amide bonds. The Morgan fingerprint density at radius 1 is 1.25 bits per heavy atom. The fourth-order valence-corrected chi connectivity index (χ4v) is 3.93. The van der Waals surface area contributed by atoms with Crippen molar-refractivity contribution in [3.05, 3.63) is 36.0 Å². The normalized spacial score (nSPS) is 17.4. The Balaban J connectivity index is 1.53. The van der Waals surface area contributed by atoms with Crippen molar-refractivity contribution in [2.75, 3.05) is 18.0 Å². The van der Waals surface area contributed by atoms with E-state index in [1.807, 2.05) is 32.3 Å². The predicted octanol–water partition coefficient (Wildman–Crippen LogP) is 3.17. The number of aliphatic imine (C=N–C) groups is 1. The molecule has 1 fully saturated rings. The highest BCUT2D eigenvalue weighted by atomic mass is 16.5. The number of anilines is 1. The van der Waals surface area contributed by atoms with E-state index < -0.39 is 0 Å². The summed E-state index contributed by atoms with van der Waals surface area (Å²) in [5.41, 5.74) is 2.75. The first-order chi connectivity index (χ1) is 13.7. The molecule has 0 radical (unpaired) electrons. The van der Waals surface area contributed by atoms with Gasteiger partial charge in [-0.1, -0.05) is 11.2 Å². The van der Waals surface area contributed by atoms with Gasteiger partial charge < -0.3 is 14.2 Å². The summed E-state index contributed by atoms with van der Waals surface area (Å²) in [6, 6.07) is 6.08. The number of rotatable bonds is 4. The second-order valence-electron chi connectivity index (χ2n) is 7.69. The third-order valence-electron chi connectivity index (χ3n) is 5.27. The van der Waals surface area contributed by atoms with Crippen LogP contribution in [0.15, 0.2) is 34.0 Å². The van der Waals surface area contributed by atoms with Crippen LogP contribution >= 0.6 is 0 Å². The van der Waals surface area contributed by atoms with Crippen LogP contribution in [0.1, 0.15) is 44.1 Å². The third kappa shape index (κ3) is 2.23. The van der Waals surface area contributed by atoms with Gasteiger partial charge in [0.1, 0.15) is 17.9 Å². The van der Waals surface area contributed by atoms with Crippen molar-refractivity contribution in [2.45, 2.75) is 38.7 Å². The molecule has 0 unspecified atom stereocenters.